The number of benzene rings is 2. The molecule has 0 heterocycles. The number of rotatable bonds is 6. The van der Waals surface area contributed by atoms with Gasteiger partial charge in [-0.3, -0.25) is 9.59 Å². The van der Waals surface area contributed by atoms with Gasteiger partial charge in [-0.15, -0.1) is 0 Å². The molecule has 8 heteroatoms. The lowest BCUT2D eigenvalue weighted by Crippen LogP contribution is -2.40. The van der Waals surface area contributed by atoms with E-state index in [0.717, 1.165) is 5.56 Å². The number of nitrogens with one attached hydrogen (secondary N) is 2. The summed E-state index contributed by atoms with van der Waals surface area (Å²) in [7, 11) is 0. The van der Waals surface area contributed by atoms with Gasteiger partial charge in [0.1, 0.15) is 12.1 Å². The number of amides is 2. The molecule has 2 amide bonds. The second kappa shape index (κ2) is 9.53. The van der Waals surface area contributed by atoms with Gasteiger partial charge in [0.25, 0.3) is 11.8 Å². The molecule has 2 aromatic rings. The van der Waals surface area contributed by atoms with Crippen LogP contribution >= 0.6 is 11.6 Å². The number of ether oxygens (including phenoxy) is 1. The van der Waals surface area contributed by atoms with Crippen LogP contribution in [0.3, 0.4) is 0 Å². The molecule has 2 aromatic carbocycles. The monoisotopic (exact) mass is 399 g/mol. The molecule has 2 N–H and O–H groups in total. The van der Waals surface area contributed by atoms with Crippen molar-refractivity contribution < 1.29 is 19.1 Å². The van der Waals surface area contributed by atoms with Gasteiger partial charge in [-0.05, 0) is 44.2 Å². The van der Waals surface area contributed by atoms with Gasteiger partial charge in [-0.2, -0.15) is 5.26 Å². The Kier molecular flexibility index (Phi) is 7.13. The zero-order valence-electron chi connectivity index (χ0n) is 15.3. The lowest BCUT2D eigenvalue weighted by molar-refractivity contribution is -0.148. The number of nitriles is 1. The van der Waals surface area contributed by atoms with Crippen LogP contribution in [0.15, 0.2) is 42.5 Å². The number of aryl methyl sites for hydroxylation is 1. The third-order valence-corrected chi connectivity index (χ3v) is 3.94. The average Bonchev–Trinajstić information content (AvgIpc) is 2.66. The first-order valence-electron chi connectivity index (χ1n) is 8.34. The summed E-state index contributed by atoms with van der Waals surface area (Å²) in [5.41, 5.74) is 1.78. The van der Waals surface area contributed by atoms with Crippen molar-refractivity contribution >= 4 is 35.1 Å². The summed E-state index contributed by atoms with van der Waals surface area (Å²) in [6.07, 6.45) is 0. The van der Waals surface area contributed by atoms with Crippen LogP contribution in [0.4, 0.5) is 5.69 Å². The smallest absolute Gasteiger partial charge is 0.328 e. The van der Waals surface area contributed by atoms with Gasteiger partial charge in [-0.25, -0.2) is 4.79 Å². The molecule has 0 aliphatic heterocycles. The molecular formula is C20H18ClN3O4. The second-order valence-corrected chi connectivity index (χ2v) is 6.46. The zero-order chi connectivity index (χ0) is 20.7. The lowest BCUT2D eigenvalue weighted by Gasteiger charge is -2.14. The predicted molar refractivity (Wildman–Crippen MR) is 104 cm³/mol. The highest BCUT2D eigenvalue weighted by Crippen LogP contribution is 2.20. The van der Waals surface area contributed by atoms with Crippen LogP contribution in [-0.2, 0) is 14.3 Å². The minimum absolute atomic E-state index is 0.219. The Hall–Kier alpha value is -3.37. The standard InChI is InChI=1S/C20H18ClN3O4/c1-12-4-3-5-14(8-12)19(26)23-13(2)20(27)28-11-18(25)24-17-9-16(21)7-6-15(17)10-22/h3-9,13H,11H2,1-2H3,(H,23,26)(H,24,25)/t13-/m0/s1. The summed E-state index contributed by atoms with van der Waals surface area (Å²) in [5, 5.41) is 14.4. The minimum Gasteiger partial charge on any atom is -0.454 e. The third kappa shape index (κ3) is 5.83. The molecular weight excluding hydrogens is 382 g/mol. The van der Waals surface area contributed by atoms with Crippen molar-refractivity contribution in [3.8, 4) is 6.07 Å². The molecule has 0 radical (unpaired) electrons. The Morgan fingerprint density at radius 3 is 2.64 bits per heavy atom. The first-order chi connectivity index (χ1) is 13.3. The fraction of sp³-hybridized carbons (Fsp3) is 0.200. The van der Waals surface area contributed by atoms with Crippen molar-refractivity contribution in [2.45, 2.75) is 19.9 Å². The summed E-state index contributed by atoms with van der Waals surface area (Å²) in [6, 6.07) is 12.3. The fourth-order valence-corrected chi connectivity index (χ4v) is 2.46. The topological polar surface area (TPSA) is 108 Å². The van der Waals surface area contributed by atoms with Crippen molar-refractivity contribution in [2.75, 3.05) is 11.9 Å². The van der Waals surface area contributed by atoms with Crippen molar-refractivity contribution in [3.05, 3.63) is 64.2 Å². The fourth-order valence-electron chi connectivity index (χ4n) is 2.29. The molecule has 0 saturated heterocycles. The first-order valence-corrected chi connectivity index (χ1v) is 8.71. The molecule has 144 valence electrons. The van der Waals surface area contributed by atoms with E-state index in [1.54, 1.807) is 18.2 Å². The largest absolute Gasteiger partial charge is 0.454 e. The van der Waals surface area contributed by atoms with Crippen LogP contribution in [0.2, 0.25) is 5.02 Å². The quantitative estimate of drug-likeness (QED) is 0.726. The number of carbonyl (C=O) groups excluding carboxylic acids is 3. The maximum atomic E-state index is 12.2. The maximum absolute atomic E-state index is 12.2. The van der Waals surface area contributed by atoms with Crippen LogP contribution in [0.1, 0.15) is 28.4 Å². The molecule has 0 aliphatic carbocycles. The highest BCUT2D eigenvalue weighted by Gasteiger charge is 2.19. The lowest BCUT2D eigenvalue weighted by atomic mass is 10.1. The van der Waals surface area contributed by atoms with E-state index in [0.29, 0.717) is 10.6 Å². The summed E-state index contributed by atoms with van der Waals surface area (Å²) in [4.78, 5) is 36.1. The van der Waals surface area contributed by atoms with E-state index in [9.17, 15) is 14.4 Å². The predicted octanol–water partition coefficient (Wildman–Crippen LogP) is 2.82. The summed E-state index contributed by atoms with van der Waals surface area (Å²) in [6.45, 7) is 2.74. The zero-order valence-corrected chi connectivity index (χ0v) is 16.0. The van der Waals surface area contributed by atoms with Crippen LogP contribution in [0.5, 0.6) is 0 Å². The molecule has 0 bridgehead atoms. The number of anilines is 1. The Morgan fingerprint density at radius 1 is 1.21 bits per heavy atom. The molecule has 0 unspecified atom stereocenters. The van der Waals surface area contributed by atoms with Crippen LogP contribution in [-0.4, -0.2) is 30.4 Å². The molecule has 7 nitrogen and oxygen atoms in total. The normalized spacial score (nSPS) is 11.1. The number of halogens is 1. The van der Waals surface area contributed by atoms with Gasteiger partial charge in [0, 0.05) is 10.6 Å². The van der Waals surface area contributed by atoms with Crippen molar-refractivity contribution in [1.82, 2.24) is 5.32 Å². The Morgan fingerprint density at radius 2 is 1.96 bits per heavy atom. The van der Waals surface area contributed by atoms with Gasteiger partial charge in [0.2, 0.25) is 0 Å². The number of esters is 1. The van der Waals surface area contributed by atoms with E-state index in [4.69, 9.17) is 21.6 Å². The van der Waals surface area contributed by atoms with E-state index in [1.807, 2.05) is 19.1 Å². The molecule has 28 heavy (non-hydrogen) atoms. The summed E-state index contributed by atoms with van der Waals surface area (Å²) < 4.78 is 4.92. The van der Waals surface area contributed by atoms with Gasteiger partial charge in [0.05, 0.1) is 11.3 Å². The Bertz CT molecular complexity index is 953. The average molecular weight is 400 g/mol. The summed E-state index contributed by atoms with van der Waals surface area (Å²) in [5.74, 6) is -1.82. The van der Waals surface area contributed by atoms with E-state index < -0.39 is 30.4 Å². The van der Waals surface area contributed by atoms with Crippen LogP contribution < -0.4 is 10.6 Å². The third-order valence-electron chi connectivity index (χ3n) is 3.70. The molecule has 0 fully saturated rings. The number of hydrogen-bond acceptors (Lipinski definition) is 5. The molecule has 1 atom stereocenters. The summed E-state index contributed by atoms with van der Waals surface area (Å²) >= 11 is 5.85. The number of carbonyl (C=O) groups is 3. The molecule has 0 saturated carbocycles. The van der Waals surface area contributed by atoms with Crippen molar-refractivity contribution in [1.29, 1.82) is 5.26 Å². The van der Waals surface area contributed by atoms with Crippen molar-refractivity contribution in [2.24, 2.45) is 0 Å². The molecule has 0 aromatic heterocycles. The van der Waals surface area contributed by atoms with E-state index >= 15 is 0 Å². The minimum atomic E-state index is -0.943. The van der Waals surface area contributed by atoms with Gasteiger partial charge < -0.3 is 15.4 Å². The molecule has 2 rings (SSSR count). The Balaban J connectivity index is 1.87. The molecule has 0 spiro atoms. The van der Waals surface area contributed by atoms with Gasteiger partial charge >= 0.3 is 5.97 Å². The van der Waals surface area contributed by atoms with Crippen LogP contribution in [0.25, 0.3) is 0 Å². The highest BCUT2D eigenvalue weighted by molar-refractivity contribution is 6.31. The number of nitrogens with zero attached hydrogens (tertiary/aromatic N) is 1. The van der Waals surface area contributed by atoms with E-state index in [2.05, 4.69) is 10.6 Å². The maximum Gasteiger partial charge on any atom is 0.328 e. The number of hydrogen-bond donors (Lipinski definition) is 2. The van der Waals surface area contributed by atoms with Crippen molar-refractivity contribution in [3.63, 3.8) is 0 Å². The highest BCUT2D eigenvalue weighted by atomic mass is 35.5. The van der Waals surface area contributed by atoms with Crippen LogP contribution in [0, 0.1) is 18.3 Å². The Labute approximate surface area is 167 Å². The van der Waals surface area contributed by atoms with E-state index in [-0.39, 0.29) is 11.3 Å². The first kappa shape index (κ1) is 20.9. The SMILES string of the molecule is Cc1cccc(C(=O)N[C@@H](C)C(=O)OCC(=O)Nc2cc(Cl)ccc2C#N)c1. The van der Waals surface area contributed by atoms with Gasteiger partial charge in [-0.1, -0.05) is 29.3 Å². The second-order valence-electron chi connectivity index (χ2n) is 6.02. The van der Waals surface area contributed by atoms with Gasteiger partial charge in [0.15, 0.2) is 6.61 Å². The van der Waals surface area contributed by atoms with E-state index in [1.165, 1.54) is 25.1 Å². The molecule has 0 aliphatic rings.